The zero-order valence-corrected chi connectivity index (χ0v) is 18.3. The molecular formula is C24H21ClN2O5. The summed E-state index contributed by atoms with van der Waals surface area (Å²) in [5.74, 6) is 0.258. The van der Waals surface area contributed by atoms with Crippen molar-refractivity contribution in [2.24, 2.45) is 5.10 Å². The molecule has 0 unspecified atom stereocenters. The Labute approximate surface area is 190 Å². The topological polar surface area (TPSA) is 86.2 Å². The lowest BCUT2D eigenvalue weighted by molar-refractivity contribution is -0.123. The first-order chi connectivity index (χ1) is 15.4. The predicted molar refractivity (Wildman–Crippen MR) is 122 cm³/mol. The van der Waals surface area contributed by atoms with E-state index in [2.05, 4.69) is 10.5 Å². The summed E-state index contributed by atoms with van der Waals surface area (Å²) < 4.78 is 16.1. The molecule has 0 atom stereocenters. The van der Waals surface area contributed by atoms with Gasteiger partial charge >= 0.3 is 5.97 Å². The van der Waals surface area contributed by atoms with Crippen LogP contribution in [0.25, 0.3) is 0 Å². The number of hydrazone groups is 1. The third-order valence-corrected chi connectivity index (χ3v) is 4.48. The minimum Gasteiger partial charge on any atom is -0.493 e. The lowest BCUT2D eigenvalue weighted by atomic mass is 10.2. The van der Waals surface area contributed by atoms with E-state index in [4.69, 9.17) is 25.8 Å². The maximum atomic E-state index is 12.3. The number of carbonyl (C=O) groups excluding carboxylic acids is 2. The Hall–Kier alpha value is -3.84. The van der Waals surface area contributed by atoms with E-state index in [1.807, 2.05) is 25.1 Å². The van der Waals surface area contributed by atoms with Gasteiger partial charge in [-0.2, -0.15) is 5.10 Å². The van der Waals surface area contributed by atoms with Crippen molar-refractivity contribution in [3.63, 3.8) is 0 Å². The largest absolute Gasteiger partial charge is 0.493 e. The Kier molecular flexibility index (Phi) is 7.83. The number of nitrogens with zero attached hydrogens (tertiary/aromatic N) is 1. The van der Waals surface area contributed by atoms with Crippen molar-refractivity contribution in [1.29, 1.82) is 0 Å². The van der Waals surface area contributed by atoms with Gasteiger partial charge in [-0.05, 0) is 72.6 Å². The van der Waals surface area contributed by atoms with Crippen molar-refractivity contribution in [1.82, 2.24) is 5.43 Å². The summed E-state index contributed by atoms with van der Waals surface area (Å²) in [6.45, 7) is 1.78. The van der Waals surface area contributed by atoms with E-state index < -0.39 is 11.9 Å². The van der Waals surface area contributed by atoms with Gasteiger partial charge in [-0.15, -0.1) is 0 Å². The molecule has 3 rings (SSSR count). The number of hydrogen-bond acceptors (Lipinski definition) is 6. The second-order valence-corrected chi connectivity index (χ2v) is 7.14. The van der Waals surface area contributed by atoms with Crippen molar-refractivity contribution in [2.45, 2.75) is 6.92 Å². The van der Waals surface area contributed by atoms with Crippen LogP contribution in [0.4, 0.5) is 0 Å². The van der Waals surface area contributed by atoms with Gasteiger partial charge in [-0.1, -0.05) is 23.7 Å². The molecular weight excluding hydrogens is 432 g/mol. The molecule has 8 heteroatoms. The second kappa shape index (κ2) is 11.0. The molecule has 0 fully saturated rings. The zero-order valence-electron chi connectivity index (χ0n) is 17.5. The van der Waals surface area contributed by atoms with Crippen LogP contribution in [-0.2, 0) is 4.79 Å². The first-order valence-corrected chi connectivity index (χ1v) is 9.99. The van der Waals surface area contributed by atoms with Gasteiger partial charge in [-0.3, -0.25) is 4.79 Å². The molecule has 32 heavy (non-hydrogen) atoms. The van der Waals surface area contributed by atoms with Gasteiger partial charge < -0.3 is 14.2 Å². The van der Waals surface area contributed by atoms with Gasteiger partial charge in [0.25, 0.3) is 5.91 Å². The Morgan fingerprint density at radius 2 is 1.81 bits per heavy atom. The number of aryl methyl sites for hydroxylation is 1. The van der Waals surface area contributed by atoms with E-state index in [1.165, 1.54) is 13.3 Å². The molecule has 0 bridgehead atoms. The Bertz CT molecular complexity index is 1130. The van der Waals surface area contributed by atoms with Crippen molar-refractivity contribution in [2.75, 3.05) is 13.7 Å². The van der Waals surface area contributed by atoms with E-state index in [1.54, 1.807) is 48.5 Å². The number of hydrogen-bond donors (Lipinski definition) is 1. The lowest BCUT2D eigenvalue weighted by Crippen LogP contribution is -2.24. The minimum absolute atomic E-state index is 0.163. The van der Waals surface area contributed by atoms with Gasteiger partial charge in [-0.25, -0.2) is 10.2 Å². The minimum atomic E-state index is -0.540. The smallest absolute Gasteiger partial charge is 0.343 e. The average molecular weight is 453 g/mol. The highest BCUT2D eigenvalue weighted by Crippen LogP contribution is 2.28. The summed E-state index contributed by atoms with van der Waals surface area (Å²) in [6.07, 6.45) is 1.44. The van der Waals surface area contributed by atoms with E-state index in [9.17, 15) is 9.59 Å². The van der Waals surface area contributed by atoms with E-state index in [0.29, 0.717) is 27.6 Å². The number of methoxy groups -OCH3 is 1. The van der Waals surface area contributed by atoms with Crippen molar-refractivity contribution >= 4 is 29.7 Å². The predicted octanol–water partition coefficient (Wildman–Crippen LogP) is 4.41. The Balaban J connectivity index is 1.56. The quantitative estimate of drug-likeness (QED) is 0.237. The van der Waals surface area contributed by atoms with Crippen LogP contribution in [0.1, 0.15) is 21.5 Å². The van der Waals surface area contributed by atoms with Crippen LogP contribution in [-0.4, -0.2) is 31.8 Å². The number of rotatable bonds is 8. The van der Waals surface area contributed by atoms with Gasteiger partial charge in [0.2, 0.25) is 0 Å². The number of halogens is 1. The Morgan fingerprint density at radius 1 is 1.03 bits per heavy atom. The first kappa shape index (κ1) is 22.8. The monoisotopic (exact) mass is 452 g/mol. The summed E-state index contributed by atoms with van der Waals surface area (Å²) in [5, 5.41) is 4.44. The van der Waals surface area contributed by atoms with Crippen molar-refractivity contribution in [3.8, 4) is 17.2 Å². The van der Waals surface area contributed by atoms with E-state index in [-0.39, 0.29) is 12.4 Å². The maximum absolute atomic E-state index is 12.3. The van der Waals surface area contributed by atoms with Crippen LogP contribution < -0.4 is 19.6 Å². The third kappa shape index (κ3) is 6.58. The molecule has 1 N–H and O–H groups in total. The summed E-state index contributed by atoms with van der Waals surface area (Å²) in [5.41, 5.74) is 4.43. The molecule has 1 amide bonds. The number of benzene rings is 3. The van der Waals surface area contributed by atoms with Gasteiger partial charge in [0, 0.05) is 5.02 Å². The molecule has 3 aromatic rings. The fourth-order valence-electron chi connectivity index (χ4n) is 2.66. The highest BCUT2D eigenvalue weighted by molar-refractivity contribution is 6.30. The summed E-state index contributed by atoms with van der Waals surface area (Å²) >= 11 is 5.84. The van der Waals surface area contributed by atoms with Gasteiger partial charge in [0.05, 0.1) is 18.9 Å². The van der Waals surface area contributed by atoms with Crippen LogP contribution in [0, 0.1) is 6.92 Å². The van der Waals surface area contributed by atoms with Crippen LogP contribution in [0.2, 0.25) is 5.02 Å². The molecule has 0 saturated carbocycles. The molecule has 0 spiro atoms. The molecule has 0 aliphatic rings. The van der Waals surface area contributed by atoms with Crippen molar-refractivity contribution < 1.29 is 23.8 Å². The van der Waals surface area contributed by atoms with Gasteiger partial charge in [0.15, 0.2) is 18.1 Å². The average Bonchev–Trinajstić information content (AvgIpc) is 2.79. The van der Waals surface area contributed by atoms with Gasteiger partial charge in [0.1, 0.15) is 5.75 Å². The number of ether oxygens (including phenoxy) is 3. The third-order valence-electron chi connectivity index (χ3n) is 4.23. The lowest BCUT2D eigenvalue weighted by Gasteiger charge is -2.10. The van der Waals surface area contributed by atoms with Crippen LogP contribution in [0.3, 0.4) is 0 Å². The highest BCUT2D eigenvalue weighted by atomic mass is 35.5. The fraction of sp³-hybridized carbons (Fsp3) is 0.125. The number of carbonyl (C=O) groups is 2. The molecule has 0 aromatic heterocycles. The zero-order chi connectivity index (χ0) is 22.9. The molecule has 0 aliphatic heterocycles. The van der Waals surface area contributed by atoms with Crippen LogP contribution in [0.15, 0.2) is 71.8 Å². The van der Waals surface area contributed by atoms with E-state index >= 15 is 0 Å². The van der Waals surface area contributed by atoms with Crippen molar-refractivity contribution in [3.05, 3.63) is 88.4 Å². The van der Waals surface area contributed by atoms with Crippen LogP contribution >= 0.6 is 11.6 Å². The molecule has 0 aliphatic carbocycles. The molecule has 7 nitrogen and oxygen atoms in total. The molecule has 0 heterocycles. The number of esters is 1. The van der Waals surface area contributed by atoms with Crippen LogP contribution in [0.5, 0.6) is 17.2 Å². The number of nitrogens with one attached hydrogen (secondary N) is 1. The molecule has 0 radical (unpaired) electrons. The molecule has 0 saturated heterocycles. The highest BCUT2D eigenvalue weighted by Gasteiger charge is 2.13. The normalized spacial score (nSPS) is 10.6. The molecule has 3 aromatic carbocycles. The summed E-state index contributed by atoms with van der Waals surface area (Å²) in [4.78, 5) is 24.2. The van der Waals surface area contributed by atoms with E-state index in [0.717, 1.165) is 5.56 Å². The molecule has 164 valence electrons. The first-order valence-electron chi connectivity index (χ1n) is 9.62. The maximum Gasteiger partial charge on any atom is 0.343 e. The fourth-order valence-corrected chi connectivity index (χ4v) is 2.78. The Morgan fingerprint density at radius 3 is 2.53 bits per heavy atom. The SMILES string of the molecule is COc1cc(/C=N\NC(=O)COc2cccc(C)c2)ccc1OC(=O)c1ccc(Cl)cc1. The summed E-state index contributed by atoms with van der Waals surface area (Å²) in [6, 6.07) is 18.6. The standard InChI is InChI=1S/C24H21ClN2O5/c1-16-4-3-5-20(12-16)31-15-23(28)27-26-14-17-6-11-21(22(13-17)30-2)32-24(29)18-7-9-19(25)10-8-18/h3-14H,15H2,1-2H3,(H,27,28)/b26-14-. The number of amides is 1. The second-order valence-electron chi connectivity index (χ2n) is 6.71. The summed E-state index contributed by atoms with van der Waals surface area (Å²) in [7, 11) is 1.46.